The second kappa shape index (κ2) is 8.04. The maximum absolute atomic E-state index is 12.5. The zero-order chi connectivity index (χ0) is 20.3. The third-order valence-corrected chi connectivity index (χ3v) is 5.96. The van der Waals surface area contributed by atoms with Crippen molar-refractivity contribution < 1.29 is 13.2 Å². The van der Waals surface area contributed by atoms with Crippen LogP contribution in [-0.2, 0) is 10.0 Å². The van der Waals surface area contributed by atoms with Gasteiger partial charge in [0.1, 0.15) is 0 Å². The number of sulfonamides is 1. The Bertz CT molecular complexity index is 1110. The summed E-state index contributed by atoms with van der Waals surface area (Å²) in [5.74, 6) is -0.261. The van der Waals surface area contributed by atoms with Crippen LogP contribution >= 0.6 is 11.6 Å². The van der Waals surface area contributed by atoms with Gasteiger partial charge in [-0.2, -0.15) is 0 Å². The SMILES string of the molecule is Cc1ccc(C(=O)Nc2ccc(S(=O)(=O)Nc3ccc(C)c(Cl)c3)cc2)cc1. The molecule has 0 bridgehead atoms. The first-order valence-electron chi connectivity index (χ1n) is 8.52. The van der Waals surface area contributed by atoms with Crippen molar-refractivity contribution in [2.24, 2.45) is 0 Å². The van der Waals surface area contributed by atoms with Gasteiger partial charge in [-0.25, -0.2) is 8.42 Å². The molecule has 0 aromatic heterocycles. The topological polar surface area (TPSA) is 75.3 Å². The molecule has 3 aromatic carbocycles. The van der Waals surface area contributed by atoms with Crippen LogP contribution in [0.25, 0.3) is 0 Å². The van der Waals surface area contributed by atoms with E-state index < -0.39 is 10.0 Å². The zero-order valence-electron chi connectivity index (χ0n) is 15.4. The van der Waals surface area contributed by atoms with Crippen LogP contribution in [0, 0.1) is 13.8 Å². The van der Waals surface area contributed by atoms with Gasteiger partial charge in [-0.3, -0.25) is 9.52 Å². The van der Waals surface area contributed by atoms with Gasteiger partial charge in [0.25, 0.3) is 15.9 Å². The summed E-state index contributed by atoms with van der Waals surface area (Å²) in [6, 6.07) is 18.1. The van der Waals surface area contributed by atoms with Crippen molar-refractivity contribution in [1.29, 1.82) is 0 Å². The number of carbonyl (C=O) groups is 1. The molecule has 1 amide bonds. The van der Waals surface area contributed by atoms with E-state index in [1.165, 1.54) is 12.1 Å². The largest absolute Gasteiger partial charge is 0.322 e. The van der Waals surface area contributed by atoms with E-state index in [0.717, 1.165) is 11.1 Å². The second-order valence-corrected chi connectivity index (χ2v) is 8.50. The molecular formula is C21H19ClN2O3S. The molecule has 0 saturated carbocycles. The Kier molecular flexibility index (Phi) is 5.72. The van der Waals surface area contributed by atoms with Crippen molar-refractivity contribution in [3.8, 4) is 0 Å². The van der Waals surface area contributed by atoms with Crippen LogP contribution in [0.5, 0.6) is 0 Å². The number of rotatable bonds is 5. The summed E-state index contributed by atoms with van der Waals surface area (Å²) in [6.45, 7) is 3.78. The number of halogens is 1. The van der Waals surface area contributed by atoms with Gasteiger partial charge in [0.2, 0.25) is 0 Å². The maximum atomic E-state index is 12.5. The summed E-state index contributed by atoms with van der Waals surface area (Å²) < 4.78 is 27.6. The molecule has 0 unspecified atom stereocenters. The van der Waals surface area contributed by atoms with Gasteiger partial charge in [-0.15, -0.1) is 0 Å². The minimum atomic E-state index is -3.77. The lowest BCUT2D eigenvalue weighted by Gasteiger charge is -2.10. The van der Waals surface area contributed by atoms with Crippen molar-refractivity contribution in [3.63, 3.8) is 0 Å². The predicted molar refractivity (Wildman–Crippen MR) is 113 cm³/mol. The number of hydrogen-bond acceptors (Lipinski definition) is 3. The van der Waals surface area contributed by atoms with Crippen LogP contribution in [0.1, 0.15) is 21.5 Å². The van der Waals surface area contributed by atoms with E-state index in [-0.39, 0.29) is 10.8 Å². The number of nitrogens with one attached hydrogen (secondary N) is 2. The molecule has 0 aliphatic heterocycles. The Morgan fingerprint density at radius 2 is 1.46 bits per heavy atom. The van der Waals surface area contributed by atoms with Crippen LogP contribution in [0.3, 0.4) is 0 Å². The van der Waals surface area contributed by atoms with Gasteiger partial charge in [-0.05, 0) is 67.9 Å². The van der Waals surface area contributed by atoms with Gasteiger partial charge in [-0.1, -0.05) is 35.4 Å². The monoisotopic (exact) mass is 414 g/mol. The average molecular weight is 415 g/mol. The van der Waals surface area contributed by atoms with Crippen molar-refractivity contribution >= 4 is 38.9 Å². The summed E-state index contributed by atoms with van der Waals surface area (Å²) in [4.78, 5) is 12.3. The fraction of sp³-hybridized carbons (Fsp3) is 0.0952. The number of amides is 1. The molecule has 144 valence electrons. The highest BCUT2D eigenvalue weighted by Crippen LogP contribution is 2.23. The van der Waals surface area contributed by atoms with E-state index in [1.54, 1.807) is 42.5 Å². The van der Waals surface area contributed by atoms with Crippen LogP contribution in [0.2, 0.25) is 5.02 Å². The van der Waals surface area contributed by atoms with Crippen molar-refractivity contribution in [3.05, 3.63) is 88.4 Å². The minimum Gasteiger partial charge on any atom is -0.322 e. The van der Waals surface area contributed by atoms with Crippen molar-refractivity contribution in [2.45, 2.75) is 18.7 Å². The molecule has 0 fully saturated rings. The number of anilines is 2. The van der Waals surface area contributed by atoms with Gasteiger partial charge < -0.3 is 5.32 Å². The normalized spacial score (nSPS) is 11.1. The first-order valence-corrected chi connectivity index (χ1v) is 10.4. The summed E-state index contributed by atoms with van der Waals surface area (Å²) in [5, 5.41) is 3.23. The highest BCUT2D eigenvalue weighted by Gasteiger charge is 2.15. The summed E-state index contributed by atoms with van der Waals surface area (Å²) >= 11 is 6.04. The third-order valence-electron chi connectivity index (χ3n) is 4.16. The molecular weight excluding hydrogens is 396 g/mol. The van der Waals surface area contributed by atoms with E-state index in [1.807, 2.05) is 26.0 Å². The molecule has 2 N–H and O–H groups in total. The lowest BCUT2D eigenvalue weighted by molar-refractivity contribution is 0.102. The first-order chi connectivity index (χ1) is 13.2. The molecule has 0 spiro atoms. The van der Waals surface area contributed by atoms with Crippen molar-refractivity contribution in [1.82, 2.24) is 0 Å². The average Bonchev–Trinajstić information content (AvgIpc) is 2.65. The fourth-order valence-corrected chi connectivity index (χ4v) is 3.73. The fourth-order valence-electron chi connectivity index (χ4n) is 2.50. The van der Waals surface area contributed by atoms with Gasteiger partial charge >= 0.3 is 0 Å². The van der Waals surface area contributed by atoms with Crippen LogP contribution < -0.4 is 10.0 Å². The summed E-state index contributed by atoms with van der Waals surface area (Å²) in [5.41, 5.74) is 3.34. The molecule has 0 atom stereocenters. The Balaban J connectivity index is 1.72. The molecule has 0 heterocycles. The lowest BCUT2D eigenvalue weighted by atomic mass is 10.1. The van der Waals surface area contributed by atoms with E-state index in [9.17, 15) is 13.2 Å². The molecule has 0 aliphatic carbocycles. The maximum Gasteiger partial charge on any atom is 0.261 e. The van der Waals surface area contributed by atoms with Crippen molar-refractivity contribution in [2.75, 3.05) is 10.0 Å². The molecule has 0 aliphatic rings. The van der Waals surface area contributed by atoms with Crippen LogP contribution in [-0.4, -0.2) is 14.3 Å². The lowest BCUT2D eigenvalue weighted by Crippen LogP contribution is -2.14. The Morgan fingerprint density at radius 3 is 2.07 bits per heavy atom. The molecule has 3 aromatic rings. The number of aryl methyl sites for hydroxylation is 2. The van der Waals surface area contributed by atoms with Gasteiger partial charge in [0.15, 0.2) is 0 Å². The summed E-state index contributed by atoms with van der Waals surface area (Å²) in [7, 11) is -3.77. The molecule has 3 rings (SSSR count). The standard InChI is InChI=1S/C21H19ClN2O3S/c1-14-3-6-16(7-4-14)21(25)23-17-9-11-19(12-10-17)28(26,27)24-18-8-5-15(2)20(22)13-18/h3-13,24H,1-2H3,(H,23,25). The second-order valence-electron chi connectivity index (χ2n) is 6.41. The molecule has 7 heteroatoms. The summed E-state index contributed by atoms with van der Waals surface area (Å²) in [6.07, 6.45) is 0. The van der Waals surface area contributed by atoms with Crippen LogP contribution in [0.4, 0.5) is 11.4 Å². The van der Waals surface area contributed by atoms with Gasteiger partial charge in [0.05, 0.1) is 10.6 Å². The van der Waals surface area contributed by atoms with Gasteiger partial charge in [0, 0.05) is 16.3 Å². The highest BCUT2D eigenvalue weighted by molar-refractivity contribution is 7.92. The van der Waals surface area contributed by atoms with Crippen LogP contribution in [0.15, 0.2) is 71.6 Å². The predicted octanol–water partition coefficient (Wildman–Crippen LogP) is 5.01. The molecule has 28 heavy (non-hydrogen) atoms. The zero-order valence-corrected chi connectivity index (χ0v) is 16.9. The Labute approximate surface area is 169 Å². The highest BCUT2D eigenvalue weighted by atomic mass is 35.5. The number of hydrogen-bond donors (Lipinski definition) is 2. The Morgan fingerprint density at radius 1 is 0.857 bits per heavy atom. The smallest absolute Gasteiger partial charge is 0.261 e. The third kappa shape index (κ3) is 4.71. The molecule has 5 nitrogen and oxygen atoms in total. The van der Waals surface area contributed by atoms with E-state index >= 15 is 0 Å². The van der Waals surface area contributed by atoms with E-state index in [4.69, 9.17) is 11.6 Å². The molecule has 0 saturated heterocycles. The number of carbonyl (C=O) groups excluding carboxylic acids is 1. The minimum absolute atomic E-state index is 0.0810. The van der Waals surface area contributed by atoms with E-state index in [2.05, 4.69) is 10.0 Å². The quantitative estimate of drug-likeness (QED) is 0.616. The van der Waals surface area contributed by atoms with E-state index in [0.29, 0.717) is 22.0 Å². The first kappa shape index (κ1) is 19.9. The number of benzene rings is 3. The Hall–Kier alpha value is -2.83. The molecule has 0 radical (unpaired) electrons.